The van der Waals surface area contributed by atoms with E-state index in [0.29, 0.717) is 46.4 Å². The number of ether oxygens (including phenoxy) is 1. The number of nitrogens with zero attached hydrogens (tertiary/aromatic N) is 3. The summed E-state index contributed by atoms with van der Waals surface area (Å²) in [6.45, 7) is 4.70. The van der Waals surface area contributed by atoms with Gasteiger partial charge in [0.1, 0.15) is 10.6 Å². The fourth-order valence-electron chi connectivity index (χ4n) is 5.34. The van der Waals surface area contributed by atoms with Crippen molar-refractivity contribution in [2.45, 2.75) is 37.8 Å². The van der Waals surface area contributed by atoms with Crippen LogP contribution >= 0.6 is 23.1 Å². The maximum absolute atomic E-state index is 14.2. The van der Waals surface area contributed by atoms with Crippen LogP contribution in [0.1, 0.15) is 28.5 Å². The zero-order valence-electron chi connectivity index (χ0n) is 24.3. The molecule has 1 amide bonds. The third kappa shape index (κ3) is 6.92. The second-order valence-electron chi connectivity index (χ2n) is 10.5. The van der Waals surface area contributed by atoms with Crippen molar-refractivity contribution in [1.29, 1.82) is 0 Å². The molecule has 232 valence electrons. The van der Waals surface area contributed by atoms with Crippen LogP contribution in [0.3, 0.4) is 0 Å². The maximum Gasteiger partial charge on any atom is 0.416 e. The van der Waals surface area contributed by atoms with E-state index in [0.717, 1.165) is 47.4 Å². The summed E-state index contributed by atoms with van der Waals surface area (Å²) >= 11 is 2.54. The highest BCUT2D eigenvalue weighted by Gasteiger charge is 2.30. The first-order valence-corrected chi connectivity index (χ1v) is 16.2. The first-order valence-electron chi connectivity index (χ1n) is 14.4. The highest BCUT2D eigenvalue weighted by Crippen LogP contribution is 2.35. The van der Waals surface area contributed by atoms with Crippen molar-refractivity contribution >= 4 is 44.9 Å². The van der Waals surface area contributed by atoms with Gasteiger partial charge < -0.3 is 10.1 Å². The van der Waals surface area contributed by atoms with Crippen LogP contribution in [0.2, 0.25) is 0 Å². The number of nitrogens with one attached hydrogen (secondary N) is 1. The highest BCUT2D eigenvalue weighted by atomic mass is 32.2. The van der Waals surface area contributed by atoms with Gasteiger partial charge in [-0.15, -0.1) is 11.3 Å². The number of anilines is 1. The molecule has 0 radical (unpaired) electrons. The molecule has 0 saturated heterocycles. The summed E-state index contributed by atoms with van der Waals surface area (Å²) in [6, 6.07) is 21.8. The number of aromatic nitrogens is 2. The van der Waals surface area contributed by atoms with E-state index in [2.05, 4.69) is 22.3 Å². The Morgan fingerprint density at radius 3 is 2.58 bits per heavy atom. The van der Waals surface area contributed by atoms with Crippen molar-refractivity contribution in [1.82, 2.24) is 14.5 Å². The molecule has 3 aromatic carbocycles. The summed E-state index contributed by atoms with van der Waals surface area (Å²) in [4.78, 5) is 36.0. The van der Waals surface area contributed by atoms with E-state index in [1.165, 1.54) is 33.6 Å². The second-order valence-corrected chi connectivity index (χ2v) is 12.5. The molecule has 3 heterocycles. The lowest BCUT2D eigenvalue weighted by atomic mass is 10.0. The number of hydrogen-bond donors (Lipinski definition) is 1. The van der Waals surface area contributed by atoms with Crippen LogP contribution in [0.5, 0.6) is 5.75 Å². The minimum Gasteiger partial charge on any atom is -0.494 e. The quantitative estimate of drug-likeness (QED) is 0.135. The molecule has 0 saturated carbocycles. The van der Waals surface area contributed by atoms with E-state index in [4.69, 9.17) is 9.72 Å². The Balaban J connectivity index is 1.31. The van der Waals surface area contributed by atoms with Crippen molar-refractivity contribution < 1.29 is 22.7 Å². The van der Waals surface area contributed by atoms with Gasteiger partial charge in [-0.05, 0) is 66.9 Å². The number of carbonyl (C=O) groups excluding carboxylic acids is 1. The van der Waals surface area contributed by atoms with E-state index in [1.54, 1.807) is 24.3 Å². The standard InChI is InChI=1S/C33H29F3N4O3S2/c1-2-43-25-13-11-24(12-14-25)40-31(42)29-26-15-16-39(18-21-7-4-3-5-8-21)19-27(26)45-30(29)38-32(40)44-20-28(41)37-23-10-6-9-22(17-23)33(34,35)36/h3-14,17H,2,15-16,18-20H2,1H3,(H,37,41). The van der Waals surface area contributed by atoms with Crippen molar-refractivity contribution in [3.63, 3.8) is 0 Å². The fraction of sp³-hybridized carbons (Fsp3) is 0.242. The van der Waals surface area contributed by atoms with Gasteiger partial charge in [-0.1, -0.05) is 48.2 Å². The number of rotatable bonds is 9. The molecule has 0 spiro atoms. The third-order valence-electron chi connectivity index (χ3n) is 7.38. The SMILES string of the molecule is CCOc1ccc(-n2c(SCC(=O)Nc3cccc(C(F)(F)F)c3)nc3sc4c(c3c2=O)CCN(Cc2ccccc2)C4)cc1. The molecule has 0 fully saturated rings. The minimum absolute atomic E-state index is 0.0359. The fourth-order valence-corrected chi connectivity index (χ4v) is 7.45. The van der Waals surface area contributed by atoms with Gasteiger partial charge in [0, 0.05) is 30.2 Å². The number of thioether (sulfide) groups is 1. The van der Waals surface area contributed by atoms with Crippen molar-refractivity contribution in [2.24, 2.45) is 0 Å². The van der Waals surface area contributed by atoms with Crippen LogP contribution in [-0.2, 0) is 30.5 Å². The summed E-state index contributed by atoms with van der Waals surface area (Å²) in [5, 5.41) is 3.43. The average molecular weight is 651 g/mol. The predicted molar refractivity (Wildman–Crippen MR) is 171 cm³/mol. The average Bonchev–Trinajstić information content (AvgIpc) is 3.39. The summed E-state index contributed by atoms with van der Waals surface area (Å²) in [5.74, 6) is -0.0281. The third-order valence-corrected chi connectivity index (χ3v) is 9.43. The molecule has 1 aliphatic heterocycles. The van der Waals surface area contributed by atoms with Crippen LogP contribution in [0, 0.1) is 0 Å². The number of alkyl halides is 3. The Bertz CT molecular complexity index is 1890. The molecule has 0 atom stereocenters. The summed E-state index contributed by atoms with van der Waals surface area (Å²) < 4.78 is 46.5. The number of hydrogen-bond acceptors (Lipinski definition) is 7. The second kappa shape index (κ2) is 13.1. The van der Waals surface area contributed by atoms with Gasteiger partial charge >= 0.3 is 6.18 Å². The molecule has 6 rings (SSSR count). The lowest BCUT2D eigenvalue weighted by Gasteiger charge is -2.26. The lowest BCUT2D eigenvalue weighted by Crippen LogP contribution is -2.30. The van der Waals surface area contributed by atoms with Gasteiger partial charge in [0.05, 0.1) is 29.0 Å². The van der Waals surface area contributed by atoms with E-state index in [-0.39, 0.29) is 17.0 Å². The Labute approximate surface area is 265 Å². The first-order chi connectivity index (χ1) is 21.7. The summed E-state index contributed by atoms with van der Waals surface area (Å²) in [6.07, 6.45) is -3.81. The van der Waals surface area contributed by atoms with Gasteiger partial charge in [-0.25, -0.2) is 4.98 Å². The van der Waals surface area contributed by atoms with Crippen LogP contribution in [0.4, 0.5) is 18.9 Å². The van der Waals surface area contributed by atoms with E-state index in [9.17, 15) is 22.8 Å². The summed E-state index contributed by atoms with van der Waals surface area (Å²) in [5.41, 5.74) is 1.76. The number of fused-ring (bicyclic) bond motifs is 3. The number of carbonyl (C=O) groups is 1. The molecule has 12 heteroatoms. The van der Waals surface area contributed by atoms with Crippen LogP contribution in [0.25, 0.3) is 15.9 Å². The molecule has 0 bridgehead atoms. The van der Waals surface area contributed by atoms with E-state index in [1.807, 2.05) is 25.1 Å². The topological polar surface area (TPSA) is 76.5 Å². The molecule has 7 nitrogen and oxygen atoms in total. The Morgan fingerprint density at radius 1 is 1.07 bits per heavy atom. The largest absolute Gasteiger partial charge is 0.494 e. The summed E-state index contributed by atoms with van der Waals surface area (Å²) in [7, 11) is 0. The zero-order chi connectivity index (χ0) is 31.6. The number of halogens is 3. The van der Waals surface area contributed by atoms with Gasteiger partial charge in [-0.2, -0.15) is 13.2 Å². The number of benzene rings is 3. The van der Waals surface area contributed by atoms with E-state index >= 15 is 0 Å². The highest BCUT2D eigenvalue weighted by molar-refractivity contribution is 7.99. The van der Waals surface area contributed by atoms with Crippen molar-refractivity contribution in [3.05, 3.63) is 111 Å². The molecule has 45 heavy (non-hydrogen) atoms. The zero-order valence-corrected chi connectivity index (χ0v) is 25.9. The van der Waals surface area contributed by atoms with Crippen LogP contribution in [0.15, 0.2) is 88.8 Å². The Hall–Kier alpha value is -4.13. The molecule has 5 aromatic rings. The maximum atomic E-state index is 14.2. The van der Waals surface area contributed by atoms with Crippen molar-refractivity contribution in [2.75, 3.05) is 24.2 Å². The van der Waals surface area contributed by atoms with Gasteiger partial charge in [0.25, 0.3) is 5.56 Å². The minimum atomic E-state index is -4.53. The molecule has 1 N–H and O–H groups in total. The van der Waals surface area contributed by atoms with Gasteiger partial charge in [0.15, 0.2) is 5.16 Å². The van der Waals surface area contributed by atoms with Crippen LogP contribution < -0.4 is 15.6 Å². The molecule has 1 aliphatic rings. The molecule has 2 aromatic heterocycles. The normalized spacial score (nSPS) is 13.5. The lowest BCUT2D eigenvalue weighted by molar-refractivity contribution is -0.137. The van der Waals surface area contributed by atoms with E-state index < -0.39 is 17.6 Å². The molecular formula is C33H29F3N4O3S2. The predicted octanol–water partition coefficient (Wildman–Crippen LogP) is 7.15. The first kappa shape index (κ1) is 30.9. The number of thiophene rings is 1. The Kier molecular flexibility index (Phi) is 8.97. The van der Waals surface area contributed by atoms with Crippen LogP contribution in [-0.4, -0.2) is 39.3 Å². The Morgan fingerprint density at radius 2 is 1.84 bits per heavy atom. The smallest absolute Gasteiger partial charge is 0.416 e. The molecule has 0 unspecified atom stereocenters. The number of amides is 1. The van der Waals surface area contributed by atoms with Crippen molar-refractivity contribution in [3.8, 4) is 11.4 Å². The van der Waals surface area contributed by atoms with Gasteiger partial charge in [-0.3, -0.25) is 19.1 Å². The van der Waals surface area contributed by atoms with Gasteiger partial charge in [0.2, 0.25) is 5.91 Å². The molecule has 0 aliphatic carbocycles. The monoisotopic (exact) mass is 650 g/mol. The molecular weight excluding hydrogens is 622 g/mol.